The van der Waals surface area contributed by atoms with Crippen molar-refractivity contribution in [3.8, 4) is 0 Å². The Balaban J connectivity index is 1.99. The number of allylic oxidation sites excluding steroid dienone is 2. The van der Waals surface area contributed by atoms with Crippen molar-refractivity contribution in [1.82, 2.24) is 9.80 Å². The molecular weight excluding hydrogens is 368 g/mol. The van der Waals surface area contributed by atoms with Crippen LogP contribution < -0.4 is 0 Å². The molecule has 1 aliphatic rings. The van der Waals surface area contributed by atoms with Crippen LogP contribution in [0.25, 0.3) is 6.08 Å². The lowest BCUT2D eigenvalue weighted by molar-refractivity contribution is -0.146. The predicted octanol–water partition coefficient (Wildman–Crippen LogP) is 2.94. The molecule has 0 bridgehead atoms. The predicted molar refractivity (Wildman–Crippen MR) is 110 cm³/mol. The molecule has 0 spiro atoms. The molecule has 0 aromatic heterocycles. The fourth-order valence-corrected chi connectivity index (χ4v) is 3.52. The Bertz CT molecular complexity index is 742. The van der Waals surface area contributed by atoms with Crippen molar-refractivity contribution in [1.29, 1.82) is 0 Å². The largest absolute Gasteiger partial charge is 0.463 e. The lowest BCUT2D eigenvalue weighted by Gasteiger charge is -2.14. The van der Waals surface area contributed by atoms with E-state index in [0.717, 1.165) is 11.1 Å². The average Bonchev–Trinajstić information content (AvgIpc) is 2.83. The Morgan fingerprint density at radius 3 is 2.65 bits per heavy atom. The number of carbonyl (C=O) groups is 2. The molecule has 0 aliphatic carbocycles. The summed E-state index contributed by atoms with van der Waals surface area (Å²) in [4.78, 5) is 28.2. The molecule has 0 saturated carbocycles. The van der Waals surface area contributed by atoms with Crippen LogP contribution >= 0.6 is 24.0 Å². The highest BCUT2D eigenvalue weighted by molar-refractivity contribution is 8.26. The van der Waals surface area contributed by atoms with Gasteiger partial charge in [0, 0.05) is 6.54 Å². The first-order valence-corrected chi connectivity index (χ1v) is 9.38. The van der Waals surface area contributed by atoms with Crippen molar-refractivity contribution in [2.45, 2.75) is 6.92 Å². The standard InChI is InChI=1S/C19H22N2O3S2/c1-14(11-15-7-5-4-6-8-15)12-16-18(23)21(19(25)26-16)13-17(22)24-10-9-20(2)3/h4-8,11-12H,9-10,13H2,1-3H3. The second-order valence-electron chi connectivity index (χ2n) is 6.09. The Morgan fingerprint density at radius 2 is 2.00 bits per heavy atom. The molecule has 1 aromatic rings. The SMILES string of the molecule is CC(=Cc1ccccc1)C=C1SC(=S)N(CC(=O)OCCN(C)C)C1=O. The number of esters is 1. The molecule has 0 radical (unpaired) electrons. The number of thioether (sulfide) groups is 1. The van der Waals surface area contributed by atoms with Crippen molar-refractivity contribution in [3.63, 3.8) is 0 Å². The van der Waals surface area contributed by atoms with Gasteiger partial charge in [0.1, 0.15) is 17.5 Å². The highest BCUT2D eigenvalue weighted by Crippen LogP contribution is 2.31. The molecule has 1 saturated heterocycles. The van der Waals surface area contributed by atoms with Crippen LogP contribution in [0, 0.1) is 0 Å². The highest BCUT2D eigenvalue weighted by atomic mass is 32.2. The van der Waals surface area contributed by atoms with E-state index >= 15 is 0 Å². The quantitative estimate of drug-likeness (QED) is 0.405. The summed E-state index contributed by atoms with van der Waals surface area (Å²) in [6, 6.07) is 9.86. The first kappa shape index (κ1) is 20.4. The van der Waals surface area contributed by atoms with E-state index < -0.39 is 5.97 Å². The topological polar surface area (TPSA) is 49.9 Å². The second kappa shape index (κ2) is 9.66. The maximum atomic E-state index is 12.5. The number of likely N-dealkylation sites (N-methyl/N-ethyl adjacent to an activating group) is 1. The Labute approximate surface area is 163 Å². The van der Waals surface area contributed by atoms with Crippen LogP contribution in [-0.4, -0.2) is 59.8 Å². The summed E-state index contributed by atoms with van der Waals surface area (Å²) in [5.74, 6) is -0.716. The fourth-order valence-electron chi connectivity index (χ4n) is 2.21. The Kier molecular flexibility index (Phi) is 7.56. The maximum absolute atomic E-state index is 12.5. The van der Waals surface area contributed by atoms with Gasteiger partial charge in [-0.15, -0.1) is 0 Å². The number of benzene rings is 1. The van der Waals surface area contributed by atoms with Crippen molar-refractivity contribution in [2.75, 3.05) is 33.8 Å². The fraction of sp³-hybridized carbons (Fsp3) is 0.316. The van der Waals surface area contributed by atoms with E-state index in [9.17, 15) is 9.59 Å². The molecule has 7 heteroatoms. The van der Waals surface area contributed by atoms with E-state index in [-0.39, 0.29) is 19.1 Å². The molecule has 5 nitrogen and oxygen atoms in total. The van der Waals surface area contributed by atoms with Gasteiger partial charge in [0.05, 0.1) is 4.91 Å². The molecule has 1 aromatic carbocycles. The van der Waals surface area contributed by atoms with E-state index in [1.54, 1.807) is 6.08 Å². The van der Waals surface area contributed by atoms with Gasteiger partial charge in [-0.1, -0.05) is 60.4 Å². The molecule has 1 fully saturated rings. The number of amides is 1. The van der Waals surface area contributed by atoms with Gasteiger partial charge < -0.3 is 9.64 Å². The van der Waals surface area contributed by atoms with Crippen molar-refractivity contribution in [3.05, 3.63) is 52.4 Å². The van der Waals surface area contributed by atoms with E-state index in [1.807, 2.05) is 62.3 Å². The van der Waals surface area contributed by atoms with Gasteiger partial charge in [-0.3, -0.25) is 14.5 Å². The zero-order valence-electron chi connectivity index (χ0n) is 15.1. The minimum Gasteiger partial charge on any atom is -0.463 e. The molecule has 1 aliphatic heterocycles. The third kappa shape index (κ3) is 6.09. The Hall–Kier alpha value is -1.96. The Morgan fingerprint density at radius 1 is 1.31 bits per heavy atom. The average molecular weight is 391 g/mol. The molecule has 1 heterocycles. The normalized spacial score (nSPS) is 16.7. The highest BCUT2D eigenvalue weighted by Gasteiger charge is 2.33. The number of hydrogen-bond donors (Lipinski definition) is 0. The zero-order chi connectivity index (χ0) is 19.1. The number of carbonyl (C=O) groups excluding carboxylic acids is 2. The van der Waals surface area contributed by atoms with Gasteiger partial charge in [0.2, 0.25) is 0 Å². The van der Waals surface area contributed by atoms with Crippen LogP contribution in [0.3, 0.4) is 0 Å². The van der Waals surface area contributed by atoms with Gasteiger partial charge >= 0.3 is 5.97 Å². The van der Waals surface area contributed by atoms with Crippen molar-refractivity contribution in [2.24, 2.45) is 0 Å². The third-order valence-electron chi connectivity index (χ3n) is 3.52. The number of rotatable bonds is 7. The summed E-state index contributed by atoms with van der Waals surface area (Å²) in [7, 11) is 3.79. The van der Waals surface area contributed by atoms with E-state index in [1.165, 1.54) is 16.7 Å². The maximum Gasteiger partial charge on any atom is 0.326 e. The number of hydrogen-bond acceptors (Lipinski definition) is 6. The second-order valence-corrected chi connectivity index (χ2v) is 7.77. The minimum atomic E-state index is -0.457. The summed E-state index contributed by atoms with van der Waals surface area (Å²) in [6.45, 7) is 2.69. The van der Waals surface area contributed by atoms with Gasteiger partial charge in [0.15, 0.2) is 0 Å². The van der Waals surface area contributed by atoms with E-state index in [2.05, 4.69) is 0 Å². The molecular formula is C19H22N2O3S2. The van der Waals surface area contributed by atoms with Gasteiger partial charge in [-0.2, -0.15) is 0 Å². The summed E-state index contributed by atoms with van der Waals surface area (Å²) in [5, 5.41) is 0. The van der Waals surface area contributed by atoms with Gasteiger partial charge in [0.25, 0.3) is 5.91 Å². The van der Waals surface area contributed by atoms with Crippen LogP contribution in [0.15, 0.2) is 46.9 Å². The van der Waals surface area contributed by atoms with Crippen LogP contribution in [0.2, 0.25) is 0 Å². The molecule has 0 atom stereocenters. The number of thiocarbonyl (C=S) groups is 1. The van der Waals surface area contributed by atoms with Crippen LogP contribution in [0.4, 0.5) is 0 Å². The number of nitrogens with zero attached hydrogens (tertiary/aromatic N) is 2. The summed E-state index contributed by atoms with van der Waals surface area (Å²) in [5.41, 5.74) is 1.99. The van der Waals surface area contributed by atoms with Crippen molar-refractivity contribution >= 4 is 46.3 Å². The third-order valence-corrected chi connectivity index (χ3v) is 4.89. The number of ether oxygens (including phenoxy) is 1. The van der Waals surface area contributed by atoms with Crippen LogP contribution in [-0.2, 0) is 14.3 Å². The summed E-state index contributed by atoms with van der Waals surface area (Å²) >= 11 is 6.44. The van der Waals surface area contributed by atoms with E-state index in [0.29, 0.717) is 15.8 Å². The van der Waals surface area contributed by atoms with Gasteiger partial charge in [-0.05, 0) is 38.2 Å². The molecule has 0 N–H and O–H groups in total. The molecule has 1 amide bonds. The smallest absolute Gasteiger partial charge is 0.326 e. The van der Waals surface area contributed by atoms with E-state index in [4.69, 9.17) is 17.0 Å². The minimum absolute atomic E-state index is 0.156. The van der Waals surface area contributed by atoms with Gasteiger partial charge in [-0.25, -0.2) is 0 Å². The lowest BCUT2D eigenvalue weighted by atomic mass is 10.1. The summed E-state index contributed by atoms with van der Waals surface area (Å²) in [6.07, 6.45) is 3.78. The summed E-state index contributed by atoms with van der Waals surface area (Å²) < 4.78 is 5.51. The van der Waals surface area contributed by atoms with Crippen LogP contribution in [0.5, 0.6) is 0 Å². The first-order chi connectivity index (χ1) is 12.4. The lowest BCUT2D eigenvalue weighted by Crippen LogP contribution is -2.35. The molecule has 138 valence electrons. The molecule has 2 rings (SSSR count). The first-order valence-electron chi connectivity index (χ1n) is 8.16. The van der Waals surface area contributed by atoms with Crippen molar-refractivity contribution < 1.29 is 14.3 Å². The zero-order valence-corrected chi connectivity index (χ0v) is 16.7. The molecule has 0 unspecified atom stereocenters. The van der Waals surface area contributed by atoms with Crippen LogP contribution in [0.1, 0.15) is 12.5 Å². The molecule has 26 heavy (non-hydrogen) atoms. The monoisotopic (exact) mass is 390 g/mol.